The Morgan fingerprint density at radius 2 is 0.717 bits per heavy atom. The highest BCUT2D eigenvalue weighted by Gasteiger charge is 2.52. The number of hydrogen-bond donors (Lipinski definition) is 0. The van der Waals surface area contributed by atoms with E-state index in [-0.39, 0.29) is 25.2 Å². The summed E-state index contributed by atoms with van der Waals surface area (Å²) in [5.41, 5.74) is 0. The molecule has 0 aromatic carbocycles. The van der Waals surface area contributed by atoms with Crippen LogP contribution in [-0.2, 0) is 71.5 Å². The van der Waals surface area contributed by atoms with Gasteiger partial charge in [-0.2, -0.15) is 0 Å². The highest BCUT2D eigenvalue weighted by Crippen LogP contribution is 2.30. The van der Waals surface area contributed by atoms with E-state index in [0.717, 1.165) is 181 Å². The van der Waals surface area contributed by atoms with Crippen molar-refractivity contribution in [3.05, 3.63) is 36.5 Å². The molecule has 1 aliphatic rings. The van der Waals surface area contributed by atoms with E-state index in [9.17, 15) is 33.6 Å². The summed E-state index contributed by atoms with van der Waals surface area (Å²) >= 11 is 0. The minimum atomic E-state index is -1.30. The lowest BCUT2D eigenvalue weighted by Gasteiger charge is -2.44. The minimum absolute atomic E-state index is 0.113. The summed E-state index contributed by atoms with van der Waals surface area (Å²) in [5.74, 6) is -2.54. The van der Waals surface area contributed by atoms with E-state index >= 15 is 0 Å². The van der Waals surface area contributed by atoms with Gasteiger partial charge in [0.25, 0.3) is 0 Å². The molecule has 17 heteroatoms. The van der Waals surface area contributed by atoms with Crippen molar-refractivity contribution in [3.63, 3.8) is 0 Å². The van der Waals surface area contributed by atoms with Crippen molar-refractivity contribution in [2.45, 2.75) is 336 Å². The Kier molecular flexibility index (Phi) is 57.1. The van der Waals surface area contributed by atoms with E-state index in [4.69, 9.17) is 37.9 Å². The molecule has 5 unspecified atom stereocenters. The Morgan fingerprint density at radius 1 is 0.348 bits per heavy atom. The summed E-state index contributed by atoms with van der Waals surface area (Å²) in [7, 11) is 0. The van der Waals surface area contributed by atoms with Crippen molar-refractivity contribution >= 4 is 41.6 Å². The van der Waals surface area contributed by atoms with Gasteiger partial charge < -0.3 is 47.7 Å². The molecule has 0 saturated carbocycles. The zero-order valence-corrected chi connectivity index (χ0v) is 59.2. The Balaban J connectivity index is 3.01. The SMILES string of the molecule is CCCCCC/C=C\CCC(=O)CCCCCCCCN(CCCCCCCCC(=O)OC/C=C\CCCCCC)CCCN(CCCCCCCCC(=O)OC/C=C\CCCCCC)CCCOC1OC(COC(C)=O)C(OC(C)=O)C(OC(C)=O)C1OC(C)=O. The van der Waals surface area contributed by atoms with Crippen LogP contribution >= 0.6 is 0 Å². The topological polar surface area (TPSA) is 200 Å². The van der Waals surface area contributed by atoms with Crippen LogP contribution in [0.2, 0.25) is 0 Å². The Hall–Kier alpha value is -4.45. The third-order valence-corrected chi connectivity index (χ3v) is 16.6. The molecular formula is C75H132N2O15. The van der Waals surface area contributed by atoms with Crippen molar-refractivity contribution in [2.24, 2.45) is 0 Å². The predicted octanol–water partition coefficient (Wildman–Crippen LogP) is 16.7. The largest absolute Gasteiger partial charge is 0.463 e. The Bertz CT molecular complexity index is 1910. The second kappa shape index (κ2) is 61.4. The smallest absolute Gasteiger partial charge is 0.306 e. The standard InChI is InChI=1S/C75H132N2O15/c1-8-11-14-17-20-21-30-39-50-68(82)51-40-31-22-25-34-43-54-76(55-44-35-26-23-32-41-52-70(83)85-60-46-37-28-18-15-12-9-2)57-48-58-77(56-45-36-27-24-33-42-53-71(84)86-61-47-38-29-19-16-13-10-3)59-49-62-87-75-74(91-67(7)81)73(90-66(6)80)72(89-65(5)79)69(92-75)63-88-64(4)78/h21,30,37-38,46-47,69,72-75H,8-20,22-29,31-36,39-45,48-63H2,1-7H3/b30-21-,46-37-,47-38-. The Labute approximate surface area is 558 Å². The minimum Gasteiger partial charge on any atom is -0.463 e. The first-order chi connectivity index (χ1) is 44.7. The molecule has 0 spiro atoms. The number of nitrogens with zero attached hydrogens (tertiary/aromatic N) is 2. The maximum absolute atomic E-state index is 12.6. The van der Waals surface area contributed by atoms with Gasteiger partial charge in [0.2, 0.25) is 0 Å². The molecule has 1 saturated heterocycles. The summed E-state index contributed by atoms with van der Waals surface area (Å²) in [5, 5.41) is 0. The molecule has 17 nitrogen and oxygen atoms in total. The third kappa shape index (κ3) is 51.9. The maximum atomic E-state index is 12.6. The van der Waals surface area contributed by atoms with Crippen molar-refractivity contribution < 1.29 is 71.5 Å². The van der Waals surface area contributed by atoms with Crippen LogP contribution in [0.15, 0.2) is 36.5 Å². The second-order valence-electron chi connectivity index (χ2n) is 25.3. The van der Waals surface area contributed by atoms with Crippen LogP contribution in [0.25, 0.3) is 0 Å². The number of allylic oxidation sites excluding steroid dienone is 4. The highest BCUT2D eigenvalue weighted by atomic mass is 16.7. The molecule has 0 amide bonds. The van der Waals surface area contributed by atoms with Crippen LogP contribution in [0.1, 0.15) is 305 Å². The van der Waals surface area contributed by atoms with E-state index in [1.54, 1.807) is 0 Å². The predicted molar refractivity (Wildman–Crippen MR) is 367 cm³/mol. The number of Topliss-reactive ketones (excluding diaryl/α,β-unsaturated/α-hetero) is 1. The lowest BCUT2D eigenvalue weighted by Crippen LogP contribution is -2.63. The number of carbonyl (C=O) groups is 7. The van der Waals surface area contributed by atoms with Crippen molar-refractivity contribution in [1.29, 1.82) is 0 Å². The average molecular weight is 1300 g/mol. The zero-order valence-electron chi connectivity index (χ0n) is 59.2. The number of ether oxygens (including phenoxy) is 8. The molecule has 1 fully saturated rings. The molecule has 0 aromatic rings. The van der Waals surface area contributed by atoms with Gasteiger partial charge >= 0.3 is 35.8 Å². The number of unbranched alkanes of at least 4 members (excludes halogenated alkanes) is 27. The lowest BCUT2D eigenvalue weighted by atomic mass is 9.98. The molecule has 1 rings (SSSR count). The lowest BCUT2D eigenvalue weighted by molar-refractivity contribution is -0.308. The molecule has 1 heterocycles. The van der Waals surface area contributed by atoms with Crippen LogP contribution in [0, 0.1) is 0 Å². The third-order valence-electron chi connectivity index (χ3n) is 16.6. The van der Waals surface area contributed by atoms with Crippen LogP contribution in [0.5, 0.6) is 0 Å². The van der Waals surface area contributed by atoms with Crippen molar-refractivity contribution in [3.8, 4) is 0 Å². The first-order valence-electron chi connectivity index (χ1n) is 36.8. The molecule has 0 N–H and O–H groups in total. The van der Waals surface area contributed by atoms with Crippen LogP contribution in [-0.4, -0.2) is 148 Å². The van der Waals surface area contributed by atoms with Crippen LogP contribution in [0.4, 0.5) is 0 Å². The van der Waals surface area contributed by atoms with Gasteiger partial charge in [-0.1, -0.05) is 192 Å². The molecule has 1 aliphatic heterocycles. The fraction of sp³-hybridized carbons (Fsp3) is 0.827. The summed E-state index contributed by atoms with van der Waals surface area (Å²) in [6.45, 7) is 17.6. The number of hydrogen-bond acceptors (Lipinski definition) is 17. The molecule has 0 radical (unpaired) electrons. The van der Waals surface area contributed by atoms with E-state index in [1.807, 2.05) is 12.2 Å². The monoisotopic (exact) mass is 1300 g/mol. The normalized spacial score (nSPS) is 16.7. The molecule has 532 valence electrons. The first-order valence-corrected chi connectivity index (χ1v) is 36.8. The van der Waals surface area contributed by atoms with E-state index < -0.39 is 54.6 Å². The van der Waals surface area contributed by atoms with Gasteiger partial charge in [-0.25, -0.2) is 0 Å². The maximum Gasteiger partial charge on any atom is 0.306 e. The number of ketones is 1. The molecular weight excluding hydrogens is 1170 g/mol. The Morgan fingerprint density at radius 3 is 1.16 bits per heavy atom. The molecule has 92 heavy (non-hydrogen) atoms. The van der Waals surface area contributed by atoms with Crippen LogP contribution in [0.3, 0.4) is 0 Å². The fourth-order valence-electron chi connectivity index (χ4n) is 11.5. The van der Waals surface area contributed by atoms with Gasteiger partial charge in [0, 0.05) is 59.9 Å². The number of rotatable bonds is 63. The van der Waals surface area contributed by atoms with Crippen molar-refractivity contribution in [1.82, 2.24) is 9.80 Å². The summed E-state index contributed by atoms with van der Waals surface area (Å²) in [4.78, 5) is 91.5. The van der Waals surface area contributed by atoms with E-state index in [1.165, 1.54) is 111 Å². The van der Waals surface area contributed by atoms with Gasteiger partial charge in [-0.15, -0.1) is 0 Å². The first kappa shape index (κ1) is 85.6. The zero-order chi connectivity index (χ0) is 67.3. The van der Waals surface area contributed by atoms with Crippen LogP contribution < -0.4 is 0 Å². The quantitative estimate of drug-likeness (QED) is 0.0241. The van der Waals surface area contributed by atoms with Gasteiger partial charge in [0.05, 0.1) is 6.61 Å². The summed E-state index contributed by atoms with van der Waals surface area (Å²) in [6.07, 6.45) is 48.2. The fourth-order valence-corrected chi connectivity index (χ4v) is 11.5. The molecule has 0 bridgehead atoms. The van der Waals surface area contributed by atoms with Gasteiger partial charge in [0.1, 0.15) is 31.7 Å². The van der Waals surface area contributed by atoms with E-state index in [0.29, 0.717) is 51.1 Å². The van der Waals surface area contributed by atoms with Crippen molar-refractivity contribution in [2.75, 3.05) is 65.7 Å². The summed E-state index contributed by atoms with van der Waals surface area (Å²) in [6, 6.07) is 0. The highest BCUT2D eigenvalue weighted by molar-refractivity contribution is 5.78. The molecule has 5 atom stereocenters. The second-order valence-corrected chi connectivity index (χ2v) is 25.3. The number of esters is 6. The summed E-state index contributed by atoms with van der Waals surface area (Å²) < 4.78 is 45.5. The molecule has 0 aromatic heterocycles. The van der Waals surface area contributed by atoms with E-state index in [2.05, 4.69) is 54.9 Å². The molecule has 0 aliphatic carbocycles. The average Bonchev–Trinajstić information content (AvgIpc) is 0.856. The number of carbonyl (C=O) groups excluding carboxylic acids is 7. The van der Waals surface area contributed by atoms with Gasteiger partial charge in [0.15, 0.2) is 24.6 Å². The van der Waals surface area contributed by atoms with Gasteiger partial charge in [-0.05, 0) is 129 Å². The van der Waals surface area contributed by atoms with Gasteiger partial charge in [-0.3, -0.25) is 33.6 Å².